The van der Waals surface area contributed by atoms with Crippen molar-refractivity contribution in [3.8, 4) is 6.07 Å². The van der Waals surface area contributed by atoms with Gasteiger partial charge in [0.1, 0.15) is 12.7 Å². The van der Waals surface area contributed by atoms with Crippen molar-refractivity contribution in [3.05, 3.63) is 47.5 Å². The molecule has 0 unspecified atom stereocenters. The molecule has 2 aromatic rings. The molecule has 1 aromatic heterocycles. The molecule has 0 saturated carbocycles. The molecule has 0 spiro atoms. The second-order valence-electron chi connectivity index (χ2n) is 6.16. The van der Waals surface area contributed by atoms with Gasteiger partial charge in [-0.25, -0.2) is 19.2 Å². The van der Waals surface area contributed by atoms with Crippen LogP contribution < -0.4 is 21.3 Å². The minimum Gasteiger partial charge on any atom is -0.443 e. The first-order valence-electron chi connectivity index (χ1n) is 8.74. The first-order chi connectivity index (χ1) is 14.0. The first-order valence-corrected chi connectivity index (χ1v) is 8.74. The topological polar surface area (TPSA) is 147 Å². The number of benzene rings is 1. The number of halogens is 1. The Morgan fingerprint density at radius 1 is 1.21 bits per heavy atom. The Balaban J connectivity index is 1.76. The molecule has 1 aliphatic heterocycles. The van der Waals surface area contributed by atoms with E-state index in [2.05, 4.69) is 15.0 Å². The molecular formula is C18H19FN8O2. The summed E-state index contributed by atoms with van der Waals surface area (Å²) >= 11 is 0. The summed E-state index contributed by atoms with van der Waals surface area (Å²) in [5.41, 5.74) is 10.7. The van der Waals surface area contributed by atoms with Crippen LogP contribution in [0.2, 0.25) is 0 Å². The molecule has 0 bridgehead atoms. The highest BCUT2D eigenvalue weighted by Gasteiger charge is 2.25. The van der Waals surface area contributed by atoms with Gasteiger partial charge in [0.05, 0.1) is 11.3 Å². The maximum Gasteiger partial charge on any atom is 0.437 e. The number of nitriles is 1. The maximum absolute atomic E-state index is 15.1. The Hall–Kier alpha value is -3.94. The molecule has 11 heteroatoms. The van der Waals surface area contributed by atoms with Crippen molar-refractivity contribution < 1.29 is 13.9 Å². The molecule has 3 rings (SSSR count). The Bertz CT molecular complexity index is 948. The number of hydrogen-bond acceptors (Lipinski definition) is 7. The standard InChI is InChI=1S/C18H19FN8O2/c19-14-13(11-29-18(28)25-16(21)22)3-2-12(10-20)15(14)26-6-8-27(9-7-26)17-23-4-1-5-24-17/h1-5H,6-9,11H2,(H4,21,22,25,28). The third-order valence-electron chi connectivity index (χ3n) is 4.32. The van der Waals surface area contributed by atoms with E-state index in [1.807, 2.05) is 11.0 Å². The molecule has 29 heavy (non-hydrogen) atoms. The summed E-state index contributed by atoms with van der Waals surface area (Å²) < 4.78 is 20.0. The van der Waals surface area contributed by atoms with Crippen LogP contribution in [0.4, 0.5) is 20.8 Å². The van der Waals surface area contributed by atoms with Gasteiger partial charge in [0.15, 0.2) is 11.8 Å². The number of aromatic nitrogens is 2. The minimum atomic E-state index is -1.02. The van der Waals surface area contributed by atoms with Gasteiger partial charge in [0, 0.05) is 44.1 Å². The van der Waals surface area contributed by atoms with Gasteiger partial charge < -0.3 is 26.0 Å². The molecule has 2 heterocycles. The van der Waals surface area contributed by atoms with Crippen molar-refractivity contribution in [2.75, 3.05) is 36.0 Å². The van der Waals surface area contributed by atoms with E-state index in [1.165, 1.54) is 12.1 Å². The molecule has 4 N–H and O–H groups in total. The zero-order valence-electron chi connectivity index (χ0n) is 15.5. The van der Waals surface area contributed by atoms with Gasteiger partial charge in [-0.05, 0) is 12.1 Å². The Labute approximate surface area is 166 Å². The van der Waals surface area contributed by atoms with E-state index in [9.17, 15) is 10.1 Å². The molecule has 1 fully saturated rings. The third kappa shape index (κ3) is 4.67. The third-order valence-corrected chi connectivity index (χ3v) is 4.32. The predicted octanol–water partition coefficient (Wildman–Crippen LogP) is 0.724. The fourth-order valence-electron chi connectivity index (χ4n) is 2.98. The highest BCUT2D eigenvalue weighted by molar-refractivity contribution is 5.87. The van der Waals surface area contributed by atoms with Crippen LogP contribution in [0.3, 0.4) is 0 Å². The highest BCUT2D eigenvalue weighted by Crippen LogP contribution is 2.29. The van der Waals surface area contributed by atoms with Crippen LogP contribution in [-0.2, 0) is 11.3 Å². The number of nitrogens with zero attached hydrogens (tertiary/aromatic N) is 6. The number of rotatable bonds is 4. The van der Waals surface area contributed by atoms with Gasteiger partial charge in [-0.1, -0.05) is 6.07 Å². The monoisotopic (exact) mass is 398 g/mol. The molecule has 0 aliphatic carbocycles. The van der Waals surface area contributed by atoms with E-state index >= 15 is 4.39 Å². The summed E-state index contributed by atoms with van der Waals surface area (Å²) in [6, 6.07) is 6.64. The van der Waals surface area contributed by atoms with Gasteiger partial charge in [-0.15, -0.1) is 4.99 Å². The second kappa shape index (κ2) is 8.83. The largest absolute Gasteiger partial charge is 0.443 e. The highest BCUT2D eigenvalue weighted by atomic mass is 19.1. The quantitative estimate of drug-likeness (QED) is 0.561. The molecule has 1 saturated heterocycles. The molecular weight excluding hydrogens is 379 g/mol. The fraction of sp³-hybridized carbons (Fsp3) is 0.278. The SMILES string of the molecule is N#Cc1ccc(COC(=O)N=C(N)N)c(F)c1N1CCN(c2ncccn2)CC1. The number of carbonyl (C=O) groups is 1. The number of nitrogens with two attached hydrogens (primary N) is 2. The van der Waals surface area contributed by atoms with Crippen LogP contribution in [0.25, 0.3) is 0 Å². The van der Waals surface area contributed by atoms with Gasteiger partial charge in [0.2, 0.25) is 5.95 Å². The van der Waals surface area contributed by atoms with E-state index in [1.54, 1.807) is 23.4 Å². The van der Waals surface area contributed by atoms with E-state index in [-0.39, 0.29) is 23.4 Å². The zero-order chi connectivity index (χ0) is 20.8. The smallest absolute Gasteiger partial charge is 0.437 e. The van der Waals surface area contributed by atoms with Crippen molar-refractivity contribution in [2.24, 2.45) is 16.5 Å². The number of hydrogen-bond donors (Lipinski definition) is 2. The number of piperazine rings is 1. The van der Waals surface area contributed by atoms with Gasteiger partial charge in [-0.2, -0.15) is 5.26 Å². The maximum atomic E-state index is 15.1. The van der Waals surface area contributed by atoms with Crippen LogP contribution in [0.15, 0.2) is 35.6 Å². The van der Waals surface area contributed by atoms with Crippen LogP contribution in [0.1, 0.15) is 11.1 Å². The van der Waals surface area contributed by atoms with Crippen molar-refractivity contribution in [1.29, 1.82) is 5.26 Å². The first kappa shape index (κ1) is 19.8. The Kier molecular flexibility index (Phi) is 6.03. The summed E-state index contributed by atoms with van der Waals surface area (Å²) in [5.74, 6) is -0.462. The lowest BCUT2D eigenvalue weighted by atomic mass is 10.1. The number of ether oxygens (including phenoxy) is 1. The zero-order valence-corrected chi connectivity index (χ0v) is 15.5. The summed E-state index contributed by atoms with van der Waals surface area (Å²) in [6.07, 6.45) is 2.30. The lowest BCUT2D eigenvalue weighted by Gasteiger charge is -2.36. The van der Waals surface area contributed by atoms with E-state index < -0.39 is 17.9 Å². The summed E-state index contributed by atoms with van der Waals surface area (Å²) in [5, 5.41) is 9.41. The van der Waals surface area contributed by atoms with Crippen LogP contribution in [-0.4, -0.2) is 48.2 Å². The summed E-state index contributed by atoms with van der Waals surface area (Å²) in [7, 11) is 0. The molecule has 0 radical (unpaired) electrons. The van der Waals surface area contributed by atoms with Crippen LogP contribution >= 0.6 is 0 Å². The molecule has 1 aliphatic rings. The normalized spacial score (nSPS) is 13.5. The lowest BCUT2D eigenvalue weighted by molar-refractivity contribution is 0.149. The number of carbonyl (C=O) groups excluding carboxylic acids is 1. The number of aliphatic imine (C=N–C) groups is 1. The van der Waals surface area contributed by atoms with Gasteiger partial charge in [-0.3, -0.25) is 0 Å². The van der Waals surface area contributed by atoms with Crippen molar-refractivity contribution >= 4 is 23.7 Å². The second-order valence-corrected chi connectivity index (χ2v) is 6.16. The van der Waals surface area contributed by atoms with Crippen molar-refractivity contribution in [1.82, 2.24) is 9.97 Å². The van der Waals surface area contributed by atoms with E-state index in [0.717, 1.165) is 0 Å². The van der Waals surface area contributed by atoms with Gasteiger partial charge >= 0.3 is 6.09 Å². The lowest BCUT2D eigenvalue weighted by Crippen LogP contribution is -2.47. The minimum absolute atomic E-state index is 0.118. The van der Waals surface area contributed by atoms with E-state index in [4.69, 9.17) is 16.2 Å². The molecule has 1 amide bonds. The predicted molar refractivity (Wildman–Crippen MR) is 104 cm³/mol. The number of guanidine groups is 1. The summed E-state index contributed by atoms with van der Waals surface area (Å²) in [6.45, 7) is 1.72. The summed E-state index contributed by atoms with van der Waals surface area (Å²) in [4.78, 5) is 26.9. The molecule has 150 valence electrons. The number of amides is 1. The van der Waals surface area contributed by atoms with Crippen LogP contribution in [0, 0.1) is 17.1 Å². The van der Waals surface area contributed by atoms with Crippen molar-refractivity contribution in [2.45, 2.75) is 6.61 Å². The average Bonchev–Trinajstić information content (AvgIpc) is 2.73. The van der Waals surface area contributed by atoms with Gasteiger partial charge in [0.25, 0.3) is 0 Å². The fourth-order valence-corrected chi connectivity index (χ4v) is 2.98. The molecule has 0 atom stereocenters. The Morgan fingerprint density at radius 3 is 2.48 bits per heavy atom. The van der Waals surface area contributed by atoms with Crippen LogP contribution in [0.5, 0.6) is 0 Å². The number of anilines is 2. The van der Waals surface area contributed by atoms with Crippen molar-refractivity contribution in [3.63, 3.8) is 0 Å². The molecule has 10 nitrogen and oxygen atoms in total. The van der Waals surface area contributed by atoms with E-state index in [0.29, 0.717) is 32.1 Å². The average molecular weight is 398 g/mol. The molecule has 1 aromatic carbocycles. The Morgan fingerprint density at radius 2 is 1.86 bits per heavy atom.